The number of benzene rings is 3. The van der Waals surface area contributed by atoms with Crippen LogP contribution in [-0.2, 0) is 14.8 Å². The Kier molecular flexibility index (Phi) is 10.7. The van der Waals surface area contributed by atoms with Crippen molar-refractivity contribution >= 4 is 50.7 Å². The minimum Gasteiger partial charge on any atom is -0.454 e. The van der Waals surface area contributed by atoms with Crippen molar-refractivity contribution in [3.8, 4) is 11.5 Å². The molecule has 1 aliphatic heterocycles. The van der Waals surface area contributed by atoms with Crippen LogP contribution in [0.4, 0.5) is 5.69 Å². The van der Waals surface area contributed by atoms with Gasteiger partial charge in [0.1, 0.15) is 5.75 Å². The van der Waals surface area contributed by atoms with Gasteiger partial charge in [0.15, 0.2) is 5.75 Å². The first-order valence-corrected chi connectivity index (χ1v) is 15.5. The van der Waals surface area contributed by atoms with Gasteiger partial charge in [0, 0.05) is 49.9 Å². The van der Waals surface area contributed by atoms with Crippen LogP contribution < -0.4 is 14.8 Å². The number of hydrogen-bond donors (Lipinski definition) is 2. The Bertz CT molecular complexity index is 1510. The predicted molar refractivity (Wildman–Crippen MR) is 164 cm³/mol. The van der Waals surface area contributed by atoms with Crippen LogP contribution in [0.15, 0.2) is 71.6 Å². The number of nitrogens with one attached hydrogen (secondary N) is 2. The summed E-state index contributed by atoms with van der Waals surface area (Å²) in [5.41, 5.74) is 0.429. The van der Waals surface area contributed by atoms with Crippen LogP contribution >= 0.6 is 23.2 Å². The van der Waals surface area contributed by atoms with Gasteiger partial charge in [0.25, 0.3) is 15.9 Å². The first kappa shape index (κ1) is 31.6. The molecule has 10 nitrogen and oxygen atoms in total. The maximum Gasteiger partial charge on any atom is 0.262 e. The normalized spacial score (nSPS) is 14.1. The molecule has 1 saturated heterocycles. The van der Waals surface area contributed by atoms with E-state index in [1.165, 1.54) is 30.3 Å². The van der Waals surface area contributed by atoms with E-state index in [9.17, 15) is 18.0 Å². The highest BCUT2D eigenvalue weighted by atomic mass is 35.5. The fourth-order valence-electron chi connectivity index (χ4n) is 4.24. The van der Waals surface area contributed by atoms with Gasteiger partial charge in [-0.2, -0.15) is 0 Å². The third-order valence-corrected chi connectivity index (χ3v) is 8.57. The number of carbonyl (C=O) groups excluding carboxylic acids is 2. The van der Waals surface area contributed by atoms with Gasteiger partial charge in [-0.15, -0.1) is 0 Å². The Morgan fingerprint density at radius 1 is 0.929 bits per heavy atom. The molecule has 0 aliphatic carbocycles. The number of hydrogen-bond acceptors (Lipinski definition) is 7. The van der Waals surface area contributed by atoms with E-state index in [4.69, 9.17) is 27.9 Å². The summed E-state index contributed by atoms with van der Waals surface area (Å²) in [5, 5.41) is 3.34. The van der Waals surface area contributed by atoms with Gasteiger partial charge in [-0.3, -0.25) is 19.2 Å². The quantitative estimate of drug-likeness (QED) is 0.328. The van der Waals surface area contributed by atoms with Crippen molar-refractivity contribution < 1.29 is 22.7 Å². The molecule has 1 heterocycles. The predicted octanol–water partition coefficient (Wildman–Crippen LogP) is 4.02. The summed E-state index contributed by atoms with van der Waals surface area (Å²) < 4.78 is 34.6. The highest BCUT2D eigenvalue weighted by Crippen LogP contribution is 2.35. The van der Waals surface area contributed by atoms with Crippen LogP contribution in [0.3, 0.4) is 0 Å². The van der Waals surface area contributed by atoms with Crippen LogP contribution in [0.5, 0.6) is 11.5 Å². The summed E-state index contributed by atoms with van der Waals surface area (Å²) in [6.45, 7) is 4.59. The van der Waals surface area contributed by atoms with Crippen molar-refractivity contribution in [3.05, 3.63) is 82.3 Å². The first-order valence-electron chi connectivity index (χ1n) is 13.3. The topological polar surface area (TPSA) is 111 Å². The zero-order valence-corrected chi connectivity index (χ0v) is 25.7. The second kappa shape index (κ2) is 14.2. The summed E-state index contributed by atoms with van der Waals surface area (Å²) in [6.07, 6.45) is 0. The van der Waals surface area contributed by atoms with Gasteiger partial charge in [0.05, 0.1) is 22.2 Å². The van der Waals surface area contributed by atoms with Crippen LogP contribution in [-0.4, -0.2) is 94.8 Å². The molecule has 4 rings (SSSR count). The van der Waals surface area contributed by atoms with Crippen molar-refractivity contribution in [1.29, 1.82) is 0 Å². The molecule has 3 aromatic rings. The molecule has 224 valence electrons. The summed E-state index contributed by atoms with van der Waals surface area (Å²) in [4.78, 5) is 31.4. The van der Waals surface area contributed by atoms with E-state index >= 15 is 0 Å². The van der Waals surface area contributed by atoms with Gasteiger partial charge in [-0.1, -0.05) is 35.3 Å². The summed E-state index contributed by atoms with van der Waals surface area (Å²) in [6, 6.07) is 16.7. The smallest absolute Gasteiger partial charge is 0.262 e. The minimum absolute atomic E-state index is 0.0541. The lowest BCUT2D eigenvalue weighted by atomic mass is 10.2. The molecule has 0 spiro atoms. The Hall–Kier alpha value is -3.35. The number of rotatable bonds is 11. The lowest BCUT2D eigenvalue weighted by molar-refractivity contribution is -0.131. The molecular formula is C29H33Cl2N5O5S. The van der Waals surface area contributed by atoms with E-state index in [2.05, 4.69) is 19.8 Å². The van der Waals surface area contributed by atoms with Crippen LogP contribution in [0.1, 0.15) is 10.4 Å². The average Bonchev–Trinajstić information content (AvgIpc) is 2.97. The van der Waals surface area contributed by atoms with Crippen molar-refractivity contribution in [3.63, 3.8) is 0 Å². The molecule has 0 atom stereocenters. The van der Waals surface area contributed by atoms with Gasteiger partial charge < -0.3 is 19.9 Å². The lowest BCUT2D eigenvalue weighted by Gasteiger charge is -2.35. The largest absolute Gasteiger partial charge is 0.454 e. The van der Waals surface area contributed by atoms with Crippen LogP contribution in [0.25, 0.3) is 0 Å². The van der Waals surface area contributed by atoms with Gasteiger partial charge in [0.2, 0.25) is 5.91 Å². The molecule has 0 radical (unpaired) electrons. The van der Waals surface area contributed by atoms with E-state index in [1.54, 1.807) is 41.3 Å². The molecule has 0 unspecified atom stereocenters. The molecule has 0 saturated carbocycles. The Balaban J connectivity index is 1.32. The maximum absolute atomic E-state index is 13.1. The second-order valence-corrected chi connectivity index (χ2v) is 12.5. The Morgan fingerprint density at radius 2 is 1.62 bits per heavy atom. The standard InChI is InChI=1S/C29H33Cl2N5O5S/c1-34(2)13-14-35-15-17-36(18-16-35)28(37)20-32-29(38)21-7-10-23(11-8-21)42(39,40)33-25-5-3-4-6-27(25)41-26-12-9-22(30)19-24(26)31/h3-12,19,33H,13-18,20H2,1-2H3,(H,32,38). The van der Waals surface area contributed by atoms with Crippen molar-refractivity contribution in [2.75, 3.05) is 64.6 Å². The number of carbonyl (C=O) groups is 2. The Labute approximate surface area is 256 Å². The number of ether oxygens (including phenoxy) is 1. The monoisotopic (exact) mass is 633 g/mol. The molecule has 3 aromatic carbocycles. The van der Waals surface area contributed by atoms with E-state index in [-0.39, 0.29) is 39.4 Å². The zero-order chi connectivity index (χ0) is 30.3. The number of piperazine rings is 1. The fraction of sp³-hybridized carbons (Fsp3) is 0.310. The highest BCUT2D eigenvalue weighted by Gasteiger charge is 2.22. The van der Waals surface area contributed by atoms with Gasteiger partial charge in [-0.05, 0) is 68.7 Å². The molecule has 2 N–H and O–H groups in total. The van der Waals surface area contributed by atoms with Crippen LogP contribution in [0.2, 0.25) is 10.0 Å². The summed E-state index contributed by atoms with van der Waals surface area (Å²) in [7, 11) is 0.0370. The van der Waals surface area contributed by atoms with E-state index in [0.717, 1.165) is 26.2 Å². The molecule has 1 fully saturated rings. The third kappa shape index (κ3) is 8.59. The minimum atomic E-state index is -4.02. The summed E-state index contributed by atoms with van der Waals surface area (Å²) in [5.74, 6) is -0.0759. The number of sulfonamides is 1. The molecule has 42 heavy (non-hydrogen) atoms. The van der Waals surface area contributed by atoms with Gasteiger partial charge in [-0.25, -0.2) is 8.42 Å². The molecule has 13 heteroatoms. The Morgan fingerprint density at radius 3 is 2.29 bits per heavy atom. The van der Waals surface area contributed by atoms with Crippen molar-refractivity contribution in [2.24, 2.45) is 0 Å². The fourth-order valence-corrected chi connectivity index (χ4v) is 5.76. The average molecular weight is 635 g/mol. The van der Waals surface area contributed by atoms with Gasteiger partial charge >= 0.3 is 0 Å². The van der Waals surface area contributed by atoms with Crippen molar-refractivity contribution in [2.45, 2.75) is 4.90 Å². The maximum atomic E-state index is 13.1. The molecule has 2 amide bonds. The number of amides is 2. The second-order valence-electron chi connectivity index (χ2n) is 10.0. The first-order chi connectivity index (χ1) is 20.0. The SMILES string of the molecule is CN(C)CCN1CCN(C(=O)CNC(=O)c2ccc(S(=O)(=O)Nc3ccccc3Oc3ccc(Cl)cc3Cl)cc2)CC1. The lowest BCUT2D eigenvalue weighted by Crippen LogP contribution is -2.52. The van der Waals surface area contributed by atoms with Crippen LogP contribution in [0, 0.1) is 0 Å². The molecular weight excluding hydrogens is 601 g/mol. The molecule has 1 aliphatic rings. The van der Waals surface area contributed by atoms with E-state index < -0.39 is 15.9 Å². The summed E-state index contributed by atoms with van der Waals surface area (Å²) >= 11 is 12.1. The number of halogens is 2. The highest BCUT2D eigenvalue weighted by molar-refractivity contribution is 7.92. The zero-order valence-electron chi connectivity index (χ0n) is 23.3. The number of anilines is 1. The third-order valence-electron chi connectivity index (χ3n) is 6.66. The number of nitrogens with zero attached hydrogens (tertiary/aromatic N) is 3. The van der Waals surface area contributed by atoms with E-state index in [1.807, 2.05) is 14.1 Å². The molecule has 0 bridgehead atoms. The van der Waals surface area contributed by atoms with Crippen molar-refractivity contribution in [1.82, 2.24) is 20.0 Å². The van der Waals surface area contributed by atoms with E-state index in [0.29, 0.717) is 23.9 Å². The molecule has 0 aromatic heterocycles. The number of likely N-dealkylation sites (N-methyl/N-ethyl adjacent to an activating group) is 1. The number of para-hydroxylation sites is 2.